The van der Waals surface area contributed by atoms with E-state index in [0.29, 0.717) is 0 Å². The number of carboxylic acids is 1. The lowest BCUT2D eigenvalue weighted by molar-refractivity contribution is -0.384. The normalized spacial score (nSPS) is 9.90. The number of nitrogens with one attached hydrogen (secondary N) is 1. The molecule has 0 atom stereocenters. The summed E-state index contributed by atoms with van der Waals surface area (Å²) in [5.41, 5.74) is -0.180. The van der Waals surface area contributed by atoms with E-state index in [0.717, 1.165) is 11.0 Å². The molecule has 1 rings (SSSR count). The van der Waals surface area contributed by atoms with Crippen LogP contribution in [0.4, 0.5) is 16.2 Å². The molecule has 0 unspecified atom stereocenters. The summed E-state index contributed by atoms with van der Waals surface area (Å²) < 4.78 is 0. The van der Waals surface area contributed by atoms with Gasteiger partial charge in [0.2, 0.25) is 0 Å². The molecule has 0 saturated heterocycles. The van der Waals surface area contributed by atoms with E-state index in [4.69, 9.17) is 16.7 Å². The van der Waals surface area contributed by atoms with Crippen LogP contribution in [0.2, 0.25) is 5.02 Å². The standard InChI is InChI=1S/C11H12ClN3O5/c1-2-14(6-10(16)17)11(18)13-9-5-7(15(19)20)3-4-8(9)12/h3-5H,2,6H2,1H3,(H,13,18)(H,16,17). The number of hydrogen-bond donors (Lipinski definition) is 2. The Hall–Kier alpha value is -2.35. The third-order valence-corrected chi connectivity index (χ3v) is 2.73. The fourth-order valence-electron chi connectivity index (χ4n) is 1.41. The number of non-ortho nitro benzene ring substituents is 1. The van der Waals surface area contributed by atoms with Crippen LogP contribution in [0.15, 0.2) is 18.2 Å². The first-order valence-corrected chi connectivity index (χ1v) is 5.94. The molecule has 0 aromatic heterocycles. The highest BCUT2D eigenvalue weighted by Crippen LogP contribution is 2.26. The van der Waals surface area contributed by atoms with Crippen molar-refractivity contribution in [3.05, 3.63) is 33.3 Å². The van der Waals surface area contributed by atoms with Gasteiger partial charge in [-0.15, -0.1) is 0 Å². The van der Waals surface area contributed by atoms with Gasteiger partial charge in [0.05, 0.1) is 15.6 Å². The van der Waals surface area contributed by atoms with Gasteiger partial charge in [-0.2, -0.15) is 0 Å². The van der Waals surface area contributed by atoms with Crippen molar-refractivity contribution in [2.75, 3.05) is 18.4 Å². The molecule has 0 aliphatic rings. The van der Waals surface area contributed by atoms with Crippen LogP contribution in [-0.4, -0.2) is 40.0 Å². The van der Waals surface area contributed by atoms with Crippen LogP contribution in [0.3, 0.4) is 0 Å². The predicted molar refractivity (Wildman–Crippen MR) is 72.0 cm³/mol. The monoisotopic (exact) mass is 301 g/mol. The molecule has 1 aromatic rings. The molecule has 9 heteroatoms. The number of carbonyl (C=O) groups excluding carboxylic acids is 1. The van der Waals surface area contributed by atoms with E-state index in [2.05, 4.69) is 5.32 Å². The van der Waals surface area contributed by atoms with Gasteiger partial charge in [0, 0.05) is 18.7 Å². The molecule has 1 aromatic carbocycles. The van der Waals surface area contributed by atoms with E-state index >= 15 is 0 Å². The molecule has 0 aliphatic heterocycles. The summed E-state index contributed by atoms with van der Waals surface area (Å²) in [6.07, 6.45) is 0. The van der Waals surface area contributed by atoms with Crippen molar-refractivity contribution in [3.8, 4) is 0 Å². The number of nitrogens with zero attached hydrogens (tertiary/aromatic N) is 2. The topological polar surface area (TPSA) is 113 Å². The maximum absolute atomic E-state index is 11.8. The summed E-state index contributed by atoms with van der Waals surface area (Å²) in [4.78, 5) is 33.5. The number of amides is 2. The second-order valence-electron chi connectivity index (χ2n) is 3.76. The Kier molecular flexibility index (Phi) is 5.27. The van der Waals surface area contributed by atoms with Crippen LogP contribution in [0.25, 0.3) is 0 Å². The Morgan fingerprint density at radius 3 is 2.65 bits per heavy atom. The highest BCUT2D eigenvalue weighted by Gasteiger charge is 2.17. The average Bonchev–Trinajstić information content (AvgIpc) is 2.37. The fourth-order valence-corrected chi connectivity index (χ4v) is 1.57. The van der Waals surface area contributed by atoms with Gasteiger partial charge in [-0.3, -0.25) is 14.9 Å². The zero-order valence-corrected chi connectivity index (χ0v) is 11.3. The molecule has 0 saturated carbocycles. The van der Waals surface area contributed by atoms with Crippen molar-refractivity contribution in [3.63, 3.8) is 0 Å². The van der Waals surface area contributed by atoms with E-state index in [1.54, 1.807) is 6.92 Å². The number of aliphatic carboxylic acids is 1. The second kappa shape index (κ2) is 6.71. The summed E-state index contributed by atoms with van der Waals surface area (Å²) in [7, 11) is 0. The molecule has 2 N–H and O–H groups in total. The van der Waals surface area contributed by atoms with Crippen molar-refractivity contribution in [2.45, 2.75) is 6.92 Å². The first-order valence-electron chi connectivity index (χ1n) is 5.56. The van der Waals surface area contributed by atoms with Gasteiger partial charge in [-0.1, -0.05) is 11.6 Å². The molecule has 20 heavy (non-hydrogen) atoms. The van der Waals surface area contributed by atoms with Crippen LogP contribution >= 0.6 is 11.6 Å². The molecule has 0 fully saturated rings. The number of nitro groups is 1. The zero-order valence-electron chi connectivity index (χ0n) is 10.5. The van der Waals surface area contributed by atoms with Gasteiger partial charge in [-0.25, -0.2) is 4.79 Å². The first-order chi connectivity index (χ1) is 9.35. The van der Waals surface area contributed by atoms with E-state index in [9.17, 15) is 19.7 Å². The number of carboxylic acid groups (broad SMARTS) is 1. The zero-order chi connectivity index (χ0) is 15.3. The van der Waals surface area contributed by atoms with Crippen molar-refractivity contribution in [1.29, 1.82) is 0 Å². The maximum atomic E-state index is 11.8. The third-order valence-electron chi connectivity index (χ3n) is 2.40. The van der Waals surface area contributed by atoms with Gasteiger partial charge in [0.25, 0.3) is 5.69 Å². The number of hydrogen-bond acceptors (Lipinski definition) is 4. The fraction of sp³-hybridized carbons (Fsp3) is 0.273. The van der Waals surface area contributed by atoms with Gasteiger partial charge < -0.3 is 15.3 Å². The minimum Gasteiger partial charge on any atom is -0.480 e. The van der Waals surface area contributed by atoms with E-state index in [-0.39, 0.29) is 22.9 Å². The summed E-state index contributed by atoms with van der Waals surface area (Å²) in [5.74, 6) is -1.16. The van der Waals surface area contributed by atoms with Crippen LogP contribution < -0.4 is 5.32 Å². The molecule has 0 spiro atoms. The number of benzene rings is 1. The smallest absolute Gasteiger partial charge is 0.323 e. The Morgan fingerprint density at radius 1 is 1.50 bits per heavy atom. The summed E-state index contributed by atoms with van der Waals surface area (Å²) >= 11 is 5.83. The van der Waals surface area contributed by atoms with Crippen molar-refractivity contribution < 1.29 is 19.6 Å². The highest BCUT2D eigenvalue weighted by molar-refractivity contribution is 6.33. The second-order valence-corrected chi connectivity index (χ2v) is 4.17. The number of halogens is 1. The van der Waals surface area contributed by atoms with Crippen LogP contribution in [-0.2, 0) is 4.79 Å². The molecular formula is C11H12ClN3O5. The molecule has 0 bridgehead atoms. The average molecular weight is 302 g/mol. The summed E-state index contributed by atoms with van der Waals surface area (Å²) in [5, 5.41) is 21.8. The Morgan fingerprint density at radius 2 is 2.15 bits per heavy atom. The van der Waals surface area contributed by atoms with Gasteiger partial charge in [-0.05, 0) is 13.0 Å². The maximum Gasteiger partial charge on any atom is 0.323 e. The largest absolute Gasteiger partial charge is 0.480 e. The van der Waals surface area contributed by atoms with E-state index < -0.39 is 23.5 Å². The van der Waals surface area contributed by atoms with Crippen molar-refractivity contribution in [1.82, 2.24) is 4.90 Å². The minimum absolute atomic E-state index is 0.0507. The van der Waals surface area contributed by atoms with Crippen LogP contribution in [0, 0.1) is 10.1 Å². The molecule has 2 amide bonds. The number of likely N-dealkylation sites (N-methyl/N-ethyl adjacent to an activating group) is 1. The van der Waals surface area contributed by atoms with E-state index in [1.807, 2.05) is 0 Å². The number of nitro benzene ring substituents is 1. The van der Waals surface area contributed by atoms with Crippen LogP contribution in [0.5, 0.6) is 0 Å². The molecule has 8 nitrogen and oxygen atoms in total. The highest BCUT2D eigenvalue weighted by atomic mass is 35.5. The quantitative estimate of drug-likeness (QED) is 0.639. The van der Waals surface area contributed by atoms with Gasteiger partial charge in [0.15, 0.2) is 0 Å². The first kappa shape index (κ1) is 15.7. The number of anilines is 1. The van der Waals surface area contributed by atoms with Gasteiger partial charge >= 0.3 is 12.0 Å². The number of urea groups is 1. The Balaban J connectivity index is 2.91. The summed E-state index contributed by atoms with van der Waals surface area (Å²) in [6.45, 7) is 1.30. The van der Waals surface area contributed by atoms with Crippen molar-refractivity contribution in [2.24, 2.45) is 0 Å². The molecule has 108 valence electrons. The van der Waals surface area contributed by atoms with Gasteiger partial charge in [0.1, 0.15) is 6.54 Å². The Bertz CT molecular complexity index is 549. The van der Waals surface area contributed by atoms with Crippen LogP contribution in [0.1, 0.15) is 6.92 Å². The SMILES string of the molecule is CCN(CC(=O)O)C(=O)Nc1cc([N+](=O)[O-])ccc1Cl. The molecule has 0 heterocycles. The van der Waals surface area contributed by atoms with Crippen molar-refractivity contribution >= 4 is 35.0 Å². The minimum atomic E-state index is -1.16. The molecule has 0 radical (unpaired) electrons. The molecular weight excluding hydrogens is 290 g/mol. The summed E-state index contributed by atoms with van der Waals surface area (Å²) in [6, 6.07) is 2.89. The number of carbonyl (C=O) groups is 2. The third kappa shape index (κ3) is 4.09. The predicted octanol–water partition coefficient (Wildman–Crippen LogP) is 2.19. The Labute approximate surface area is 119 Å². The van der Waals surface area contributed by atoms with E-state index in [1.165, 1.54) is 12.1 Å². The lowest BCUT2D eigenvalue weighted by atomic mass is 10.3. The lowest BCUT2D eigenvalue weighted by Gasteiger charge is -2.19. The number of rotatable bonds is 5. The molecule has 0 aliphatic carbocycles. The lowest BCUT2D eigenvalue weighted by Crippen LogP contribution is -2.38.